The maximum Gasteiger partial charge on any atom is 0.0725 e. The van der Waals surface area contributed by atoms with Crippen molar-refractivity contribution in [3.63, 3.8) is 0 Å². The maximum absolute atomic E-state index is 8.65. The third kappa shape index (κ3) is 5.87. The van der Waals surface area contributed by atoms with Crippen molar-refractivity contribution in [3.05, 3.63) is 283 Å². The molecule has 0 N–H and O–H groups in total. The zero-order valence-electron chi connectivity index (χ0n) is 40.9. The average molecular weight is 843 g/mol. The summed E-state index contributed by atoms with van der Waals surface area (Å²) >= 11 is 0. The third-order valence-electron chi connectivity index (χ3n) is 13.8. The van der Waals surface area contributed by atoms with E-state index in [0.717, 1.165) is 55.7 Å². The second-order valence-electron chi connectivity index (χ2n) is 17.2. The summed E-state index contributed by atoms with van der Waals surface area (Å²) in [7, 11) is 0. The molecule has 0 radical (unpaired) electrons. The van der Waals surface area contributed by atoms with Gasteiger partial charge in [-0.15, -0.1) is 0 Å². The van der Waals surface area contributed by atoms with Crippen molar-refractivity contribution in [2.24, 2.45) is 0 Å². The minimum atomic E-state index is -0.405. The van der Waals surface area contributed by atoms with Gasteiger partial charge in [-0.2, -0.15) is 0 Å². The largest absolute Gasteiger partial charge is 0.310 e. The highest BCUT2D eigenvalue weighted by atomic mass is 15.1. The second kappa shape index (κ2) is 15.3. The molecule has 0 amide bonds. The lowest BCUT2D eigenvalue weighted by atomic mass is 9.70. The molecule has 0 fully saturated rings. The number of fused-ring (bicyclic) bond motifs is 11. The molecular weight excluding hydrogens is 795 g/mol. The van der Waals surface area contributed by atoms with Crippen LogP contribution in [-0.2, 0) is 5.41 Å². The van der Waals surface area contributed by atoms with Gasteiger partial charge in [-0.1, -0.05) is 224 Å². The van der Waals surface area contributed by atoms with Gasteiger partial charge in [-0.3, -0.25) is 0 Å². The van der Waals surface area contributed by atoms with Gasteiger partial charge in [0.15, 0.2) is 0 Å². The molecule has 308 valence electrons. The van der Waals surface area contributed by atoms with Crippen LogP contribution in [-0.4, -0.2) is 0 Å². The van der Waals surface area contributed by atoms with Crippen LogP contribution in [0.2, 0.25) is 0 Å². The number of anilines is 3. The summed E-state index contributed by atoms with van der Waals surface area (Å²) in [6.45, 7) is 0. The van der Waals surface area contributed by atoms with Crippen molar-refractivity contribution < 1.29 is 6.85 Å². The molecule has 2 aliphatic carbocycles. The quantitative estimate of drug-likeness (QED) is 0.154. The van der Waals surface area contributed by atoms with Crippen LogP contribution >= 0.6 is 0 Å². The Labute approximate surface area is 393 Å². The average Bonchev–Trinajstić information content (AvgIpc) is 3.90. The van der Waals surface area contributed by atoms with Crippen LogP contribution in [0.4, 0.5) is 17.1 Å². The first kappa shape index (κ1) is 33.1. The first-order valence-corrected chi connectivity index (χ1v) is 22.5. The van der Waals surface area contributed by atoms with Gasteiger partial charge in [0, 0.05) is 16.8 Å². The fourth-order valence-corrected chi connectivity index (χ4v) is 10.9. The monoisotopic (exact) mass is 842 g/mol. The van der Waals surface area contributed by atoms with Crippen LogP contribution < -0.4 is 4.90 Å². The highest BCUT2D eigenvalue weighted by molar-refractivity contribution is 6.06. The Morgan fingerprint density at radius 3 is 1.35 bits per heavy atom. The number of nitrogens with zero attached hydrogens (tertiary/aromatic N) is 1. The molecule has 11 aromatic rings. The molecule has 0 heterocycles. The van der Waals surface area contributed by atoms with E-state index in [1.54, 1.807) is 0 Å². The predicted octanol–water partition coefficient (Wildman–Crippen LogP) is 17.3. The molecule has 0 aromatic heterocycles. The van der Waals surface area contributed by atoms with E-state index >= 15 is 0 Å². The Bertz CT molecular complexity index is 3830. The van der Waals surface area contributed by atoms with Gasteiger partial charge in [-0.25, -0.2) is 0 Å². The highest BCUT2D eigenvalue weighted by Gasteiger charge is 2.51. The Hall–Kier alpha value is -8.52. The van der Waals surface area contributed by atoms with Crippen LogP contribution in [0.3, 0.4) is 0 Å². The van der Waals surface area contributed by atoms with Crippen LogP contribution in [0, 0.1) is 0 Å². The van der Waals surface area contributed by atoms with Crippen molar-refractivity contribution >= 4 is 27.8 Å². The van der Waals surface area contributed by atoms with Crippen LogP contribution in [0.15, 0.2) is 261 Å². The molecule has 0 aliphatic heterocycles. The van der Waals surface area contributed by atoms with Gasteiger partial charge in [0.05, 0.1) is 18.0 Å². The Balaban J connectivity index is 0.898. The summed E-state index contributed by atoms with van der Waals surface area (Å²) in [6.07, 6.45) is 0. The summed E-state index contributed by atoms with van der Waals surface area (Å²) in [5, 5.41) is 2.17. The van der Waals surface area contributed by atoms with Crippen LogP contribution in [0.1, 0.15) is 29.1 Å². The first-order valence-electron chi connectivity index (χ1n) is 25.0. The minimum Gasteiger partial charge on any atom is -0.310 e. The summed E-state index contributed by atoms with van der Waals surface area (Å²) in [6, 6.07) is 80.7. The van der Waals surface area contributed by atoms with E-state index in [1.807, 2.05) is 42.5 Å². The molecule has 13 rings (SSSR count). The molecule has 11 aromatic carbocycles. The Morgan fingerprint density at radius 1 is 0.288 bits per heavy atom. The lowest BCUT2D eigenvalue weighted by Gasteiger charge is -2.30. The highest BCUT2D eigenvalue weighted by Crippen LogP contribution is 2.63. The molecule has 66 heavy (non-hydrogen) atoms. The standard InChI is InChI=1S/C65H43N/c1-3-15-44(16-4-1)46-33-38-51(39-34-46)66(52-40-35-47(36-41-52)45-17-5-2-6-18-45)64-28-14-23-54-53(22-13-24-59(54)64)49-31-29-48(30-32-49)50-37-42-58-57-21-9-12-27-62(57)65(63(58)43-50)60-25-10-7-19-55(60)56-20-8-11-26-61(56)65/h1-43H/i1D,3D,4D,15D,16D. The van der Waals surface area contributed by atoms with E-state index in [2.05, 4.69) is 193 Å². The summed E-state index contributed by atoms with van der Waals surface area (Å²) in [4.78, 5) is 2.23. The normalized spacial score (nSPS) is 13.7. The first-order chi connectivity index (χ1) is 34.8. The molecule has 0 saturated heterocycles. The zero-order chi connectivity index (χ0) is 48.0. The summed E-state index contributed by atoms with van der Waals surface area (Å²) in [5.41, 5.74) is 20.4. The third-order valence-corrected chi connectivity index (χ3v) is 13.8. The summed E-state index contributed by atoms with van der Waals surface area (Å²) in [5.74, 6) is 0. The lowest BCUT2D eigenvalue weighted by Crippen LogP contribution is -2.25. The van der Waals surface area contributed by atoms with Gasteiger partial charge < -0.3 is 4.90 Å². The second-order valence-corrected chi connectivity index (χ2v) is 17.2. The van der Waals surface area contributed by atoms with Crippen LogP contribution in [0.5, 0.6) is 0 Å². The van der Waals surface area contributed by atoms with E-state index < -0.39 is 11.5 Å². The number of rotatable bonds is 7. The van der Waals surface area contributed by atoms with Gasteiger partial charge >= 0.3 is 0 Å². The smallest absolute Gasteiger partial charge is 0.0725 e. The Morgan fingerprint density at radius 2 is 0.727 bits per heavy atom. The van der Waals surface area contributed by atoms with E-state index in [9.17, 15) is 0 Å². The fourth-order valence-electron chi connectivity index (χ4n) is 10.9. The summed E-state index contributed by atoms with van der Waals surface area (Å²) < 4.78 is 42.0. The van der Waals surface area contributed by atoms with Gasteiger partial charge in [0.1, 0.15) is 0 Å². The van der Waals surface area contributed by atoms with E-state index in [1.165, 1.54) is 50.1 Å². The molecule has 1 heteroatoms. The molecule has 0 bridgehead atoms. The molecule has 0 saturated carbocycles. The van der Waals surface area contributed by atoms with Crippen molar-refractivity contribution in [1.82, 2.24) is 0 Å². The molecule has 1 nitrogen and oxygen atoms in total. The SMILES string of the molecule is [2H]c1c([2H])c([2H])c(-c2ccc(N(c3ccc(-c4ccccc4)cc3)c3cccc4c(-c5ccc(-c6ccc7c(c6)C6(c8ccccc8-c8ccccc86)c6ccccc6-7)cc5)cccc34)cc2)c([2H])c1[2H]. The van der Waals surface area contributed by atoms with Crippen molar-refractivity contribution in [3.8, 4) is 66.8 Å². The number of hydrogen-bond donors (Lipinski definition) is 0. The minimum absolute atomic E-state index is 0.179. The zero-order valence-corrected chi connectivity index (χ0v) is 35.9. The van der Waals surface area contributed by atoms with Crippen molar-refractivity contribution in [1.29, 1.82) is 0 Å². The van der Waals surface area contributed by atoms with E-state index in [4.69, 9.17) is 6.85 Å². The maximum atomic E-state index is 8.65. The molecule has 0 atom stereocenters. The number of benzene rings is 11. The molecule has 1 spiro atoms. The lowest BCUT2D eigenvalue weighted by molar-refractivity contribution is 0.794. The molecule has 2 aliphatic rings. The van der Waals surface area contributed by atoms with Gasteiger partial charge in [0.25, 0.3) is 0 Å². The topological polar surface area (TPSA) is 3.24 Å². The fraction of sp³-hybridized carbons (Fsp3) is 0.0154. The molecule has 0 unspecified atom stereocenters. The van der Waals surface area contributed by atoms with Crippen molar-refractivity contribution in [2.75, 3.05) is 4.90 Å². The Kier molecular flexibility index (Phi) is 7.68. The molecular formula is C65H43N. The van der Waals surface area contributed by atoms with E-state index in [-0.39, 0.29) is 29.7 Å². The van der Waals surface area contributed by atoms with Crippen molar-refractivity contribution in [2.45, 2.75) is 5.41 Å². The van der Waals surface area contributed by atoms with Gasteiger partial charge in [-0.05, 0) is 131 Å². The number of hydrogen-bond acceptors (Lipinski definition) is 1. The van der Waals surface area contributed by atoms with E-state index in [0.29, 0.717) is 5.56 Å². The predicted molar refractivity (Wildman–Crippen MR) is 277 cm³/mol. The van der Waals surface area contributed by atoms with Crippen LogP contribution in [0.25, 0.3) is 77.5 Å². The van der Waals surface area contributed by atoms with Gasteiger partial charge in [0.2, 0.25) is 0 Å².